The Balaban J connectivity index is 2.47. The summed E-state index contributed by atoms with van der Waals surface area (Å²) in [7, 11) is 0. The minimum atomic E-state index is -0.893. The topological polar surface area (TPSA) is 66.4 Å². The molecule has 4 nitrogen and oxygen atoms in total. The zero-order valence-corrected chi connectivity index (χ0v) is 13.3. The number of benzene rings is 1. The van der Waals surface area contributed by atoms with Crippen LogP contribution in [0.5, 0.6) is 0 Å². The smallest absolute Gasteiger partial charge is 0.305 e. The van der Waals surface area contributed by atoms with Crippen LogP contribution in [0.4, 0.5) is 0 Å². The lowest BCUT2D eigenvalue weighted by atomic mass is 10.0. The fourth-order valence-corrected chi connectivity index (χ4v) is 2.32. The van der Waals surface area contributed by atoms with Gasteiger partial charge in [-0.2, -0.15) is 0 Å². The number of aryl methyl sites for hydroxylation is 1. The molecule has 0 aliphatic carbocycles. The molecule has 0 spiro atoms. The summed E-state index contributed by atoms with van der Waals surface area (Å²) in [4.78, 5) is 22.6. The van der Waals surface area contributed by atoms with Crippen LogP contribution < -0.4 is 5.32 Å². The number of amides is 1. The molecule has 0 aromatic heterocycles. The Bertz CT molecular complexity index is 474. The summed E-state index contributed by atoms with van der Waals surface area (Å²) < 4.78 is 0.987. The van der Waals surface area contributed by atoms with E-state index in [0.717, 1.165) is 10.0 Å². The van der Waals surface area contributed by atoms with Crippen LogP contribution in [-0.4, -0.2) is 23.0 Å². The highest BCUT2D eigenvalue weighted by Crippen LogP contribution is 2.13. The Morgan fingerprint density at radius 1 is 1.35 bits per heavy atom. The number of carboxylic acid groups (broad SMARTS) is 1. The fraction of sp³-hybridized carbons (Fsp3) is 0.467. The van der Waals surface area contributed by atoms with Gasteiger partial charge in [0.2, 0.25) is 5.91 Å². The van der Waals surface area contributed by atoms with Gasteiger partial charge in [0.15, 0.2) is 0 Å². The van der Waals surface area contributed by atoms with E-state index in [1.807, 2.05) is 38.1 Å². The van der Waals surface area contributed by atoms with Crippen molar-refractivity contribution in [3.8, 4) is 0 Å². The Kier molecular flexibility index (Phi) is 6.71. The van der Waals surface area contributed by atoms with E-state index in [0.29, 0.717) is 12.8 Å². The van der Waals surface area contributed by atoms with Gasteiger partial charge in [0.25, 0.3) is 0 Å². The average Bonchev–Trinajstić information content (AvgIpc) is 2.35. The lowest BCUT2D eigenvalue weighted by Gasteiger charge is -2.20. The number of rotatable bonds is 7. The second-order valence-electron chi connectivity index (χ2n) is 5.15. The first kappa shape index (κ1) is 16.7. The van der Waals surface area contributed by atoms with E-state index >= 15 is 0 Å². The standard InChI is InChI=1S/C15H20BrNO3/c1-10(2)13(9-15(19)20)17-14(18)7-6-11-4-3-5-12(16)8-11/h3-5,8,10,13H,6-7,9H2,1-2H3,(H,17,18)(H,19,20). The molecule has 1 rings (SSSR count). The van der Waals surface area contributed by atoms with Crippen molar-refractivity contribution in [1.29, 1.82) is 0 Å². The molecule has 0 saturated carbocycles. The average molecular weight is 342 g/mol. The van der Waals surface area contributed by atoms with Crippen molar-refractivity contribution in [1.82, 2.24) is 5.32 Å². The minimum Gasteiger partial charge on any atom is -0.481 e. The summed E-state index contributed by atoms with van der Waals surface area (Å²) in [6, 6.07) is 7.49. The quantitative estimate of drug-likeness (QED) is 0.801. The second-order valence-corrected chi connectivity index (χ2v) is 6.06. The van der Waals surface area contributed by atoms with Crippen molar-refractivity contribution in [2.75, 3.05) is 0 Å². The van der Waals surface area contributed by atoms with E-state index in [1.54, 1.807) is 0 Å². The van der Waals surface area contributed by atoms with Gasteiger partial charge in [0.1, 0.15) is 0 Å². The van der Waals surface area contributed by atoms with E-state index < -0.39 is 5.97 Å². The summed E-state index contributed by atoms with van der Waals surface area (Å²) in [5, 5.41) is 11.6. The molecule has 20 heavy (non-hydrogen) atoms. The van der Waals surface area contributed by atoms with Crippen LogP contribution in [0.15, 0.2) is 28.7 Å². The maximum Gasteiger partial charge on any atom is 0.305 e. The van der Waals surface area contributed by atoms with Gasteiger partial charge in [-0.1, -0.05) is 41.9 Å². The number of carbonyl (C=O) groups excluding carboxylic acids is 1. The zero-order valence-electron chi connectivity index (χ0n) is 11.7. The van der Waals surface area contributed by atoms with Gasteiger partial charge >= 0.3 is 5.97 Å². The Hall–Kier alpha value is -1.36. The van der Waals surface area contributed by atoms with Gasteiger partial charge in [0.05, 0.1) is 6.42 Å². The molecule has 1 aromatic carbocycles. The van der Waals surface area contributed by atoms with Gasteiger partial charge in [-0.3, -0.25) is 9.59 Å². The Morgan fingerprint density at radius 2 is 2.05 bits per heavy atom. The first-order valence-electron chi connectivity index (χ1n) is 6.64. The van der Waals surface area contributed by atoms with Crippen molar-refractivity contribution in [3.63, 3.8) is 0 Å². The molecule has 5 heteroatoms. The summed E-state index contributed by atoms with van der Waals surface area (Å²) in [5.74, 6) is -0.901. The molecule has 1 aromatic rings. The first-order valence-corrected chi connectivity index (χ1v) is 7.43. The van der Waals surface area contributed by atoms with E-state index in [-0.39, 0.29) is 24.3 Å². The van der Waals surface area contributed by atoms with E-state index in [2.05, 4.69) is 21.2 Å². The Labute approximate surface area is 127 Å². The molecule has 0 aliphatic rings. The molecule has 0 fully saturated rings. The molecule has 0 heterocycles. The van der Waals surface area contributed by atoms with Gasteiger partial charge in [-0.15, -0.1) is 0 Å². The number of hydrogen-bond acceptors (Lipinski definition) is 2. The highest BCUT2D eigenvalue weighted by Gasteiger charge is 2.19. The van der Waals surface area contributed by atoms with Gasteiger partial charge in [-0.05, 0) is 30.0 Å². The van der Waals surface area contributed by atoms with E-state index in [1.165, 1.54) is 0 Å². The molecule has 0 aliphatic heterocycles. The van der Waals surface area contributed by atoms with E-state index in [4.69, 9.17) is 5.11 Å². The molecule has 0 saturated heterocycles. The molecule has 2 N–H and O–H groups in total. The normalized spacial score (nSPS) is 12.2. The van der Waals surface area contributed by atoms with Crippen LogP contribution >= 0.6 is 15.9 Å². The first-order chi connectivity index (χ1) is 9.38. The van der Waals surface area contributed by atoms with Gasteiger partial charge < -0.3 is 10.4 Å². The molecule has 1 atom stereocenters. The second kappa shape index (κ2) is 8.04. The molecule has 110 valence electrons. The monoisotopic (exact) mass is 341 g/mol. The predicted octanol–water partition coefficient (Wildman–Crippen LogP) is 3.00. The van der Waals surface area contributed by atoms with Crippen LogP contribution in [0.1, 0.15) is 32.3 Å². The molecular weight excluding hydrogens is 322 g/mol. The maximum absolute atomic E-state index is 11.9. The third-order valence-corrected chi connectivity index (χ3v) is 3.57. The van der Waals surface area contributed by atoms with Gasteiger partial charge in [0, 0.05) is 16.9 Å². The van der Waals surface area contributed by atoms with Crippen molar-refractivity contribution in [2.45, 2.75) is 39.2 Å². The largest absolute Gasteiger partial charge is 0.481 e. The number of nitrogens with one attached hydrogen (secondary N) is 1. The number of hydrogen-bond donors (Lipinski definition) is 2. The van der Waals surface area contributed by atoms with Crippen LogP contribution in [0.25, 0.3) is 0 Å². The van der Waals surface area contributed by atoms with E-state index in [9.17, 15) is 9.59 Å². The molecule has 1 amide bonds. The summed E-state index contributed by atoms with van der Waals surface area (Å²) in [6.07, 6.45) is 0.961. The molecule has 0 radical (unpaired) electrons. The van der Waals surface area contributed by atoms with Crippen molar-refractivity contribution in [3.05, 3.63) is 34.3 Å². The van der Waals surface area contributed by atoms with Gasteiger partial charge in [-0.25, -0.2) is 0 Å². The molecular formula is C15H20BrNO3. The highest BCUT2D eigenvalue weighted by molar-refractivity contribution is 9.10. The number of carboxylic acids is 1. The number of carbonyl (C=O) groups is 2. The highest BCUT2D eigenvalue weighted by atomic mass is 79.9. The lowest BCUT2D eigenvalue weighted by molar-refractivity contribution is -0.138. The Morgan fingerprint density at radius 3 is 2.60 bits per heavy atom. The SMILES string of the molecule is CC(C)C(CC(=O)O)NC(=O)CCc1cccc(Br)c1. The fourth-order valence-electron chi connectivity index (χ4n) is 1.87. The third kappa shape index (κ3) is 6.19. The lowest BCUT2D eigenvalue weighted by Crippen LogP contribution is -2.40. The van der Waals surface area contributed by atoms with Crippen molar-refractivity contribution in [2.24, 2.45) is 5.92 Å². The molecule has 1 unspecified atom stereocenters. The molecule has 0 bridgehead atoms. The summed E-state index contributed by atoms with van der Waals surface area (Å²) >= 11 is 3.39. The maximum atomic E-state index is 11.9. The van der Waals surface area contributed by atoms with Crippen molar-refractivity contribution < 1.29 is 14.7 Å². The summed E-state index contributed by atoms with van der Waals surface area (Å²) in [6.45, 7) is 3.81. The summed E-state index contributed by atoms with van der Waals surface area (Å²) in [5.41, 5.74) is 1.08. The van der Waals surface area contributed by atoms with Crippen LogP contribution in [-0.2, 0) is 16.0 Å². The van der Waals surface area contributed by atoms with Crippen LogP contribution in [0.2, 0.25) is 0 Å². The van der Waals surface area contributed by atoms with Crippen LogP contribution in [0.3, 0.4) is 0 Å². The van der Waals surface area contributed by atoms with Crippen LogP contribution in [0, 0.1) is 5.92 Å². The zero-order chi connectivity index (χ0) is 15.1. The van der Waals surface area contributed by atoms with Crippen molar-refractivity contribution >= 4 is 27.8 Å². The number of aliphatic carboxylic acids is 1. The number of halogens is 1. The minimum absolute atomic E-state index is 0.0414. The predicted molar refractivity (Wildman–Crippen MR) is 81.5 cm³/mol. The third-order valence-electron chi connectivity index (χ3n) is 3.08.